The highest BCUT2D eigenvalue weighted by Crippen LogP contribution is 2.30. The van der Waals surface area contributed by atoms with E-state index < -0.39 is 20.5 Å². The van der Waals surface area contributed by atoms with Crippen molar-refractivity contribution in [3.8, 4) is 0 Å². The number of halogens is 2. The minimum Gasteiger partial charge on any atom is -0.397 e. The molecule has 0 bridgehead atoms. The molecule has 8 heteroatoms. The Morgan fingerprint density at radius 2 is 1.90 bits per heavy atom. The fraction of sp³-hybridized carbons (Fsp3) is 0.417. The van der Waals surface area contributed by atoms with Crippen LogP contribution in [0.5, 0.6) is 0 Å². The average molecular weight is 303 g/mol. The molecule has 2 N–H and O–H groups in total. The summed E-state index contributed by atoms with van der Waals surface area (Å²) >= 11 is 0. The molecule has 2 rings (SSSR count). The second kappa shape index (κ2) is 4.69. The molecule has 0 saturated heterocycles. The molecule has 0 saturated carbocycles. The first kappa shape index (κ1) is 14.7. The van der Waals surface area contributed by atoms with Crippen LogP contribution in [0.3, 0.4) is 0 Å². The molecule has 1 aromatic heterocycles. The van der Waals surface area contributed by atoms with Gasteiger partial charge in [-0.05, 0) is 32.9 Å². The molecule has 20 heavy (non-hydrogen) atoms. The van der Waals surface area contributed by atoms with E-state index in [-0.39, 0.29) is 11.7 Å². The number of fused-ring (bicyclic) bond motifs is 1. The number of hydrogen-bond acceptors (Lipinski definition) is 4. The zero-order valence-electron chi connectivity index (χ0n) is 11.3. The van der Waals surface area contributed by atoms with E-state index in [9.17, 15) is 17.2 Å². The van der Waals surface area contributed by atoms with Crippen molar-refractivity contribution in [1.29, 1.82) is 0 Å². The normalized spacial score (nSPS) is 12.8. The number of imidazole rings is 1. The Hall–Kier alpha value is -1.70. The van der Waals surface area contributed by atoms with Gasteiger partial charge < -0.3 is 10.3 Å². The number of aromatic nitrogens is 2. The summed E-state index contributed by atoms with van der Waals surface area (Å²) in [5.41, 5.74) is 6.82. The minimum atomic E-state index is -4.68. The molecule has 0 atom stereocenters. The van der Waals surface area contributed by atoms with Crippen molar-refractivity contribution in [2.45, 2.75) is 37.5 Å². The summed E-state index contributed by atoms with van der Waals surface area (Å²) in [4.78, 5) is 3.69. The van der Waals surface area contributed by atoms with Gasteiger partial charge in [0.25, 0.3) is 0 Å². The lowest BCUT2D eigenvalue weighted by Crippen LogP contribution is -2.12. The van der Waals surface area contributed by atoms with Crippen LogP contribution in [0.4, 0.5) is 14.5 Å². The fourth-order valence-electron chi connectivity index (χ4n) is 2.25. The largest absolute Gasteiger partial charge is 0.397 e. The summed E-state index contributed by atoms with van der Waals surface area (Å²) < 4.78 is 50.0. The molecular weight excluding hydrogens is 288 g/mol. The third kappa shape index (κ3) is 2.13. The molecular formula is C12H15F2N3O2S. The topological polar surface area (TPSA) is 78.0 Å². The standard InChI is InChI=1S/C12H15F2N3O2S/c1-6(2)17-7(3)16-10-5-8(4-9(15)11(10)17)20(18,19)12(13)14/h4-6,12H,15H2,1-3H3. The second-order valence-corrected chi connectivity index (χ2v) is 6.73. The van der Waals surface area contributed by atoms with E-state index in [1.807, 2.05) is 18.4 Å². The third-order valence-electron chi connectivity index (χ3n) is 3.04. The predicted molar refractivity (Wildman–Crippen MR) is 72.5 cm³/mol. The molecule has 0 unspecified atom stereocenters. The molecule has 0 aliphatic rings. The zero-order chi connectivity index (χ0) is 15.2. The third-order valence-corrected chi connectivity index (χ3v) is 4.41. The number of nitrogens with two attached hydrogens (primary N) is 1. The van der Waals surface area contributed by atoms with E-state index in [0.717, 1.165) is 12.1 Å². The van der Waals surface area contributed by atoms with Crippen LogP contribution >= 0.6 is 0 Å². The number of rotatable bonds is 3. The molecule has 1 aromatic carbocycles. The van der Waals surface area contributed by atoms with E-state index in [2.05, 4.69) is 4.98 Å². The molecule has 0 fully saturated rings. The Kier molecular flexibility index (Phi) is 3.45. The number of benzene rings is 1. The van der Waals surface area contributed by atoms with Crippen molar-refractivity contribution in [2.24, 2.45) is 0 Å². The Bertz CT molecular complexity index is 767. The highest BCUT2D eigenvalue weighted by Gasteiger charge is 2.28. The Morgan fingerprint density at radius 3 is 2.40 bits per heavy atom. The molecule has 2 aromatic rings. The van der Waals surface area contributed by atoms with Crippen LogP contribution in [0.15, 0.2) is 17.0 Å². The molecule has 0 aliphatic carbocycles. The highest BCUT2D eigenvalue weighted by atomic mass is 32.2. The number of alkyl halides is 2. The first-order chi connectivity index (χ1) is 9.16. The van der Waals surface area contributed by atoms with Gasteiger partial charge in [-0.1, -0.05) is 0 Å². The Balaban J connectivity index is 2.79. The van der Waals surface area contributed by atoms with E-state index >= 15 is 0 Å². The summed E-state index contributed by atoms with van der Waals surface area (Å²) in [6.07, 6.45) is 0. The van der Waals surface area contributed by atoms with Gasteiger partial charge in [0.15, 0.2) is 0 Å². The number of hydrogen-bond donors (Lipinski definition) is 1. The molecule has 0 amide bonds. The maximum atomic E-state index is 12.6. The lowest BCUT2D eigenvalue weighted by Gasteiger charge is -2.12. The van der Waals surface area contributed by atoms with Crippen LogP contribution in [-0.2, 0) is 9.84 Å². The molecule has 0 spiro atoms. The lowest BCUT2D eigenvalue weighted by molar-refractivity contribution is 0.235. The van der Waals surface area contributed by atoms with Gasteiger partial charge in [-0.3, -0.25) is 0 Å². The fourth-order valence-corrected chi connectivity index (χ4v) is 3.02. The Labute approximate surface area is 115 Å². The maximum absolute atomic E-state index is 12.6. The van der Waals surface area contributed by atoms with E-state index in [1.54, 1.807) is 6.92 Å². The molecule has 5 nitrogen and oxygen atoms in total. The van der Waals surface area contributed by atoms with Crippen molar-refractivity contribution >= 4 is 26.6 Å². The monoisotopic (exact) mass is 303 g/mol. The van der Waals surface area contributed by atoms with E-state index in [1.165, 1.54) is 0 Å². The van der Waals surface area contributed by atoms with Gasteiger partial charge in [-0.25, -0.2) is 13.4 Å². The highest BCUT2D eigenvalue weighted by molar-refractivity contribution is 7.91. The molecule has 110 valence electrons. The number of nitrogen functional groups attached to an aromatic ring is 1. The number of nitrogens with zero attached hydrogens (tertiary/aromatic N) is 2. The quantitative estimate of drug-likeness (QED) is 0.884. The minimum absolute atomic E-state index is 0.0693. The SMILES string of the molecule is Cc1nc2cc(S(=O)(=O)C(F)F)cc(N)c2n1C(C)C. The van der Waals surface area contributed by atoms with Crippen LogP contribution < -0.4 is 5.73 Å². The van der Waals surface area contributed by atoms with Gasteiger partial charge in [0.2, 0.25) is 9.84 Å². The smallest absolute Gasteiger partial charge is 0.341 e. The summed E-state index contributed by atoms with van der Waals surface area (Å²) in [5.74, 6) is -2.83. The second-order valence-electron chi connectivity index (χ2n) is 4.81. The number of sulfone groups is 1. The molecule has 1 heterocycles. The van der Waals surface area contributed by atoms with Gasteiger partial charge in [0.1, 0.15) is 5.82 Å². The predicted octanol–water partition coefficient (Wildman–Crippen LogP) is 2.50. The lowest BCUT2D eigenvalue weighted by atomic mass is 10.2. The number of anilines is 1. The number of aryl methyl sites for hydroxylation is 1. The van der Waals surface area contributed by atoms with E-state index in [4.69, 9.17) is 5.73 Å². The zero-order valence-corrected chi connectivity index (χ0v) is 12.1. The summed E-state index contributed by atoms with van der Waals surface area (Å²) in [6, 6.07) is 2.27. The van der Waals surface area contributed by atoms with Crippen LogP contribution in [0, 0.1) is 6.92 Å². The van der Waals surface area contributed by atoms with Gasteiger partial charge >= 0.3 is 5.76 Å². The summed E-state index contributed by atoms with van der Waals surface area (Å²) in [7, 11) is -4.68. The van der Waals surface area contributed by atoms with Crippen molar-refractivity contribution in [2.75, 3.05) is 5.73 Å². The van der Waals surface area contributed by atoms with Crippen LogP contribution in [0.2, 0.25) is 0 Å². The molecule has 0 radical (unpaired) electrons. The van der Waals surface area contributed by atoms with Gasteiger partial charge in [-0.15, -0.1) is 0 Å². The van der Waals surface area contributed by atoms with Crippen molar-refractivity contribution in [3.63, 3.8) is 0 Å². The first-order valence-electron chi connectivity index (χ1n) is 5.96. The Morgan fingerprint density at radius 1 is 1.30 bits per heavy atom. The summed E-state index contributed by atoms with van der Waals surface area (Å²) in [5, 5.41) is 0. The van der Waals surface area contributed by atoms with Crippen LogP contribution in [-0.4, -0.2) is 23.7 Å². The molecule has 0 aliphatic heterocycles. The van der Waals surface area contributed by atoms with Gasteiger partial charge in [-0.2, -0.15) is 8.78 Å². The van der Waals surface area contributed by atoms with Crippen molar-refractivity contribution < 1.29 is 17.2 Å². The maximum Gasteiger partial charge on any atom is 0.341 e. The first-order valence-corrected chi connectivity index (χ1v) is 7.51. The van der Waals surface area contributed by atoms with E-state index in [0.29, 0.717) is 16.9 Å². The van der Waals surface area contributed by atoms with Gasteiger partial charge in [0, 0.05) is 6.04 Å². The summed E-state index contributed by atoms with van der Waals surface area (Å²) in [6.45, 7) is 5.61. The van der Waals surface area contributed by atoms with Crippen molar-refractivity contribution in [1.82, 2.24) is 9.55 Å². The van der Waals surface area contributed by atoms with Gasteiger partial charge in [0.05, 0.1) is 21.6 Å². The van der Waals surface area contributed by atoms with Crippen LogP contribution in [0.25, 0.3) is 11.0 Å². The van der Waals surface area contributed by atoms with Crippen LogP contribution in [0.1, 0.15) is 25.7 Å². The average Bonchev–Trinajstić information content (AvgIpc) is 2.65. The van der Waals surface area contributed by atoms with Crippen molar-refractivity contribution in [3.05, 3.63) is 18.0 Å².